The molecular weight excluding hydrogens is 510 g/mol. The second-order valence-corrected chi connectivity index (χ2v) is 10.2. The lowest BCUT2D eigenvalue weighted by Crippen LogP contribution is -2.07. The second-order valence-electron chi connectivity index (χ2n) is 8.61. The largest absolute Gasteiger partial charge is 0.507 e. The first-order chi connectivity index (χ1) is 17.9. The van der Waals surface area contributed by atoms with Gasteiger partial charge in [-0.1, -0.05) is 66.5 Å². The molecule has 3 rings (SSSR count). The Kier molecular flexibility index (Phi) is 11.2. The van der Waals surface area contributed by atoms with Gasteiger partial charge in [-0.05, 0) is 61.1 Å². The lowest BCUT2D eigenvalue weighted by Gasteiger charge is -2.16. The number of thioether (sulfide) groups is 1. The van der Waals surface area contributed by atoms with Gasteiger partial charge in [-0.25, -0.2) is 0 Å². The van der Waals surface area contributed by atoms with Crippen molar-refractivity contribution in [1.29, 1.82) is 0 Å². The fourth-order valence-electron chi connectivity index (χ4n) is 3.99. The summed E-state index contributed by atoms with van der Waals surface area (Å²) in [5.74, 6) is 0.612. The Balaban J connectivity index is 1.58. The number of nitrogens with zero attached hydrogens (tertiary/aromatic N) is 1. The van der Waals surface area contributed by atoms with Crippen molar-refractivity contribution in [3.8, 4) is 11.5 Å². The molecule has 37 heavy (non-hydrogen) atoms. The summed E-state index contributed by atoms with van der Waals surface area (Å²) in [4.78, 5) is 11.8. The van der Waals surface area contributed by atoms with Crippen molar-refractivity contribution in [3.05, 3.63) is 87.9 Å². The summed E-state index contributed by atoms with van der Waals surface area (Å²) in [6.45, 7) is 2.50. The fourth-order valence-corrected chi connectivity index (χ4v) is 5.20. The lowest BCUT2D eigenvalue weighted by atomic mass is 9.97. The minimum atomic E-state index is -0.887. The Hall–Kier alpha value is -3.16. The Bertz CT molecular complexity index is 1220. The standard InChI is InChI=1S/C29H32ClNO5S/c1-2-7-23-26(36-16-6-17-37-27-15-11-21(18-24(27)30)19-28(32)33)14-12-22(29(23)34)25(31-35)13-10-20-8-4-3-5-9-20/h3-5,8-9,11-12,14-15,18,34-35H,2,6-7,10,13,16-17,19H2,1H3,(H,32,33). The van der Waals surface area contributed by atoms with Crippen molar-refractivity contribution < 1.29 is 25.0 Å². The van der Waals surface area contributed by atoms with E-state index >= 15 is 0 Å². The number of rotatable bonds is 14. The molecule has 0 bridgehead atoms. The number of hydrogen-bond acceptors (Lipinski definition) is 6. The highest BCUT2D eigenvalue weighted by molar-refractivity contribution is 7.99. The third-order valence-corrected chi connectivity index (χ3v) is 7.40. The van der Waals surface area contributed by atoms with Crippen LogP contribution in [0.3, 0.4) is 0 Å². The van der Waals surface area contributed by atoms with Crippen LogP contribution in [0, 0.1) is 0 Å². The van der Waals surface area contributed by atoms with E-state index in [0.29, 0.717) is 59.0 Å². The molecule has 0 radical (unpaired) electrons. The zero-order valence-electron chi connectivity index (χ0n) is 20.8. The molecule has 0 aliphatic rings. The van der Waals surface area contributed by atoms with Gasteiger partial charge in [0.2, 0.25) is 0 Å². The van der Waals surface area contributed by atoms with Crippen LogP contribution in [-0.2, 0) is 24.1 Å². The van der Waals surface area contributed by atoms with E-state index in [1.165, 1.54) is 0 Å². The molecule has 3 aromatic rings. The van der Waals surface area contributed by atoms with E-state index in [0.717, 1.165) is 29.1 Å². The summed E-state index contributed by atoms with van der Waals surface area (Å²) >= 11 is 7.89. The normalized spacial score (nSPS) is 11.5. The smallest absolute Gasteiger partial charge is 0.307 e. The van der Waals surface area contributed by atoms with Crippen LogP contribution in [0.1, 0.15) is 48.4 Å². The SMILES string of the molecule is CCCc1c(OCCCSc2ccc(CC(=O)O)cc2Cl)ccc(C(CCc2ccccc2)=NO)c1O. The second kappa shape index (κ2) is 14.5. The molecule has 0 amide bonds. The molecule has 0 saturated heterocycles. The maximum absolute atomic E-state index is 11.0. The number of carboxylic acids is 1. The molecule has 0 atom stereocenters. The summed E-state index contributed by atoms with van der Waals surface area (Å²) < 4.78 is 6.03. The highest BCUT2D eigenvalue weighted by Gasteiger charge is 2.18. The maximum atomic E-state index is 11.0. The molecule has 0 aliphatic heterocycles. The van der Waals surface area contributed by atoms with Crippen LogP contribution in [0.4, 0.5) is 0 Å². The molecule has 0 saturated carbocycles. The number of oxime groups is 1. The monoisotopic (exact) mass is 541 g/mol. The molecule has 8 heteroatoms. The van der Waals surface area contributed by atoms with Crippen LogP contribution in [0.2, 0.25) is 5.02 Å². The van der Waals surface area contributed by atoms with Crippen molar-refractivity contribution in [3.63, 3.8) is 0 Å². The maximum Gasteiger partial charge on any atom is 0.307 e. The Morgan fingerprint density at radius 2 is 1.84 bits per heavy atom. The number of phenols is 1. The van der Waals surface area contributed by atoms with Gasteiger partial charge in [-0.3, -0.25) is 4.79 Å². The number of phenolic OH excluding ortho intramolecular Hbond substituents is 1. The van der Waals surface area contributed by atoms with Crippen LogP contribution in [0.25, 0.3) is 0 Å². The first-order valence-electron chi connectivity index (χ1n) is 12.3. The number of hydrogen-bond donors (Lipinski definition) is 3. The van der Waals surface area contributed by atoms with Gasteiger partial charge in [0.15, 0.2) is 0 Å². The van der Waals surface area contributed by atoms with Gasteiger partial charge in [0.1, 0.15) is 11.5 Å². The number of carboxylic acid groups (broad SMARTS) is 1. The molecular formula is C29H32ClNO5S. The van der Waals surface area contributed by atoms with Gasteiger partial charge in [0.05, 0.1) is 23.8 Å². The number of aliphatic carboxylic acids is 1. The first-order valence-corrected chi connectivity index (χ1v) is 13.6. The van der Waals surface area contributed by atoms with Crippen LogP contribution in [0.15, 0.2) is 70.7 Å². The van der Waals surface area contributed by atoms with Gasteiger partial charge in [-0.2, -0.15) is 0 Å². The van der Waals surface area contributed by atoms with E-state index in [-0.39, 0.29) is 12.2 Å². The molecule has 6 nitrogen and oxygen atoms in total. The van der Waals surface area contributed by atoms with E-state index in [1.807, 2.05) is 49.4 Å². The van der Waals surface area contributed by atoms with Crippen molar-refractivity contribution in [2.24, 2.45) is 5.16 Å². The molecule has 0 heterocycles. The molecule has 0 aliphatic carbocycles. The average molecular weight is 542 g/mol. The predicted molar refractivity (Wildman–Crippen MR) is 149 cm³/mol. The lowest BCUT2D eigenvalue weighted by molar-refractivity contribution is -0.136. The Morgan fingerprint density at radius 1 is 1.05 bits per heavy atom. The Morgan fingerprint density at radius 3 is 2.51 bits per heavy atom. The topological polar surface area (TPSA) is 99.4 Å². The molecule has 0 spiro atoms. The highest BCUT2D eigenvalue weighted by Crippen LogP contribution is 2.34. The third kappa shape index (κ3) is 8.44. The van der Waals surface area contributed by atoms with E-state index in [2.05, 4.69) is 5.16 Å². The first kappa shape index (κ1) is 28.4. The summed E-state index contributed by atoms with van der Waals surface area (Å²) in [6, 6.07) is 18.9. The fraction of sp³-hybridized carbons (Fsp3) is 0.310. The summed E-state index contributed by atoms with van der Waals surface area (Å²) in [5.41, 5.74) is 3.47. The molecule has 0 fully saturated rings. The third-order valence-electron chi connectivity index (χ3n) is 5.82. The van der Waals surface area contributed by atoms with Gasteiger partial charge >= 0.3 is 5.97 Å². The molecule has 196 valence electrons. The summed E-state index contributed by atoms with van der Waals surface area (Å²) in [7, 11) is 0. The van der Waals surface area contributed by atoms with Gasteiger partial charge in [-0.15, -0.1) is 11.8 Å². The van der Waals surface area contributed by atoms with Crippen molar-refractivity contribution in [2.75, 3.05) is 12.4 Å². The van der Waals surface area contributed by atoms with Crippen LogP contribution >= 0.6 is 23.4 Å². The average Bonchev–Trinajstić information content (AvgIpc) is 2.88. The van der Waals surface area contributed by atoms with Gasteiger partial charge in [0, 0.05) is 21.8 Å². The van der Waals surface area contributed by atoms with Crippen LogP contribution in [-0.4, -0.2) is 39.5 Å². The van der Waals surface area contributed by atoms with Gasteiger partial charge in [0.25, 0.3) is 0 Å². The van der Waals surface area contributed by atoms with E-state index in [4.69, 9.17) is 21.4 Å². The van der Waals surface area contributed by atoms with Crippen LogP contribution < -0.4 is 4.74 Å². The summed E-state index contributed by atoms with van der Waals surface area (Å²) in [6.07, 6.45) is 3.37. The van der Waals surface area contributed by atoms with E-state index in [1.54, 1.807) is 30.0 Å². The number of aryl methyl sites for hydroxylation is 1. The summed E-state index contributed by atoms with van der Waals surface area (Å²) in [5, 5.41) is 33.6. The number of ether oxygens (including phenoxy) is 1. The zero-order valence-corrected chi connectivity index (χ0v) is 22.4. The Labute approximate surface area is 226 Å². The number of aromatic hydroxyl groups is 1. The number of benzene rings is 3. The molecule has 3 aromatic carbocycles. The van der Waals surface area contributed by atoms with E-state index in [9.17, 15) is 15.1 Å². The van der Waals surface area contributed by atoms with Crippen molar-refractivity contribution in [1.82, 2.24) is 0 Å². The number of carbonyl (C=O) groups is 1. The van der Waals surface area contributed by atoms with Crippen molar-refractivity contribution >= 4 is 35.0 Å². The van der Waals surface area contributed by atoms with Crippen LogP contribution in [0.5, 0.6) is 11.5 Å². The highest BCUT2D eigenvalue weighted by atomic mass is 35.5. The number of halogens is 1. The van der Waals surface area contributed by atoms with E-state index < -0.39 is 5.97 Å². The quantitative estimate of drug-likeness (QED) is 0.0668. The molecule has 3 N–H and O–H groups in total. The minimum absolute atomic E-state index is 0.0527. The molecule has 0 aromatic heterocycles. The van der Waals surface area contributed by atoms with Crippen molar-refractivity contribution in [2.45, 2.75) is 50.3 Å². The molecule has 0 unspecified atom stereocenters. The van der Waals surface area contributed by atoms with Gasteiger partial charge < -0.3 is 20.2 Å². The minimum Gasteiger partial charge on any atom is -0.507 e. The zero-order chi connectivity index (χ0) is 26.6. The predicted octanol–water partition coefficient (Wildman–Crippen LogP) is 7.00.